The lowest BCUT2D eigenvalue weighted by molar-refractivity contribution is -0.123. The van der Waals surface area contributed by atoms with Crippen LogP contribution in [-0.4, -0.2) is 41.3 Å². The van der Waals surface area contributed by atoms with Crippen molar-refractivity contribution in [2.45, 2.75) is 36.3 Å². The van der Waals surface area contributed by atoms with E-state index in [-0.39, 0.29) is 12.2 Å². The monoisotopic (exact) mass is 503 g/mol. The van der Waals surface area contributed by atoms with Crippen LogP contribution in [0.1, 0.15) is 19.4 Å². The van der Waals surface area contributed by atoms with Crippen LogP contribution in [0.15, 0.2) is 77.8 Å². The number of amides is 3. The van der Waals surface area contributed by atoms with E-state index in [1.807, 2.05) is 36.4 Å². The van der Waals surface area contributed by atoms with Crippen LogP contribution >= 0.6 is 0 Å². The van der Waals surface area contributed by atoms with Gasteiger partial charge in [0.2, 0.25) is 0 Å². The molecule has 0 atom stereocenters. The number of nitrogens with zero attached hydrogens (tertiary/aromatic N) is 3. The molecule has 0 unspecified atom stereocenters. The molecular weight excluding hydrogens is 483 g/mol. The molecule has 7 nitrogen and oxygen atoms in total. The number of anilines is 1. The zero-order valence-electron chi connectivity index (χ0n) is 18.7. The van der Waals surface area contributed by atoms with E-state index in [1.54, 1.807) is 26.1 Å². The molecule has 1 aromatic heterocycles. The quantitative estimate of drug-likeness (QED) is 0.468. The Morgan fingerprint density at radius 3 is 2.17 bits per heavy atom. The van der Waals surface area contributed by atoms with Crippen molar-refractivity contribution >= 4 is 27.5 Å². The van der Waals surface area contributed by atoms with Crippen molar-refractivity contribution in [3.63, 3.8) is 0 Å². The number of halogens is 3. The summed E-state index contributed by atoms with van der Waals surface area (Å²) in [4.78, 5) is 31.9. The maximum atomic E-state index is 13.2. The fraction of sp³-hybridized carbons (Fsp3) is 0.208. The second kappa shape index (κ2) is 8.49. The van der Waals surface area contributed by atoms with Gasteiger partial charge in [-0.05, 0) is 55.8 Å². The fourth-order valence-corrected chi connectivity index (χ4v) is 4.52. The van der Waals surface area contributed by atoms with Gasteiger partial charge in [0.15, 0.2) is 0 Å². The third-order valence-corrected chi connectivity index (χ3v) is 7.27. The largest absolute Gasteiger partial charge is 0.501 e. The van der Waals surface area contributed by atoms with E-state index in [9.17, 15) is 31.2 Å². The van der Waals surface area contributed by atoms with Crippen molar-refractivity contribution in [3.8, 4) is 11.3 Å². The zero-order chi connectivity index (χ0) is 25.6. The molecule has 1 aliphatic heterocycles. The van der Waals surface area contributed by atoms with Crippen LogP contribution < -0.4 is 4.90 Å². The first-order valence-electron chi connectivity index (χ1n) is 10.4. The SMILES string of the molecule is CC1(C)C(=O)N(c2ccc(S(=O)(=O)C(F)(F)F)cc2)C(=O)N1Cc1ccnc(-c2ccccc2)c1. The molecule has 1 saturated heterocycles. The molecule has 0 spiro atoms. The van der Waals surface area contributed by atoms with E-state index in [0.29, 0.717) is 5.69 Å². The van der Waals surface area contributed by atoms with Gasteiger partial charge in [-0.2, -0.15) is 13.2 Å². The maximum absolute atomic E-state index is 13.2. The molecule has 1 aliphatic rings. The summed E-state index contributed by atoms with van der Waals surface area (Å²) in [5.74, 6) is -0.591. The molecule has 35 heavy (non-hydrogen) atoms. The highest BCUT2D eigenvalue weighted by molar-refractivity contribution is 7.92. The first-order valence-corrected chi connectivity index (χ1v) is 11.9. The summed E-state index contributed by atoms with van der Waals surface area (Å²) in [6, 6.07) is 15.7. The fourth-order valence-electron chi connectivity index (χ4n) is 3.76. The van der Waals surface area contributed by atoms with Gasteiger partial charge < -0.3 is 4.90 Å². The summed E-state index contributed by atoms with van der Waals surface area (Å²) in [5.41, 5.74) is -4.46. The van der Waals surface area contributed by atoms with Crippen molar-refractivity contribution in [1.82, 2.24) is 9.88 Å². The Morgan fingerprint density at radius 2 is 1.57 bits per heavy atom. The first-order chi connectivity index (χ1) is 16.3. The van der Waals surface area contributed by atoms with E-state index in [1.165, 1.54) is 4.90 Å². The van der Waals surface area contributed by atoms with Gasteiger partial charge in [-0.1, -0.05) is 30.3 Å². The number of hydrogen-bond acceptors (Lipinski definition) is 5. The van der Waals surface area contributed by atoms with E-state index in [0.717, 1.165) is 40.3 Å². The normalized spacial score (nSPS) is 16.1. The van der Waals surface area contributed by atoms with Crippen LogP contribution in [0.5, 0.6) is 0 Å². The predicted molar refractivity (Wildman–Crippen MR) is 122 cm³/mol. The summed E-state index contributed by atoms with van der Waals surface area (Å²) >= 11 is 0. The molecule has 182 valence electrons. The van der Waals surface area contributed by atoms with Crippen LogP contribution in [0.2, 0.25) is 0 Å². The summed E-state index contributed by atoms with van der Waals surface area (Å²) in [6.45, 7) is 3.21. The van der Waals surface area contributed by atoms with Gasteiger partial charge in [-0.25, -0.2) is 18.1 Å². The molecule has 0 bridgehead atoms. The van der Waals surface area contributed by atoms with Gasteiger partial charge in [-0.3, -0.25) is 9.78 Å². The maximum Gasteiger partial charge on any atom is 0.501 e. The molecule has 2 heterocycles. The zero-order valence-corrected chi connectivity index (χ0v) is 19.5. The Hall–Kier alpha value is -3.73. The van der Waals surface area contributed by atoms with E-state index < -0.39 is 37.7 Å². The standard InChI is InChI=1S/C24H20F3N3O4S/c1-23(2)21(31)30(18-8-10-19(11-9-18)35(33,34)24(25,26)27)22(32)29(23)15-16-12-13-28-20(14-16)17-6-4-3-5-7-17/h3-14H,15H2,1-2H3. The minimum atomic E-state index is -5.55. The summed E-state index contributed by atoms with van der Waals surface area (Å²) < 4.78 is 61.7. The number of pyridine rings is 1. The van der Waals surface area contributed by atoms with E-state index in [2.05, 4.69) is 4.98 Å². The molecule has 3 amide bonds. The third kappa shape index (κ3) is 4.27. The molecule has 2 aromatic carbocycles. The Labute approximate surface area is 199 Å². The minimum Gasteiger partial charge on any atom is -0.305 e. The third-order valence-electron chi connectivity index (χ3n) is 5.77. The van der Waals surface area contributed by atoms with Crippen LogP contribution in [-0.2, 0) is 21.2 Å². The van der Waals surface area contributed by atoms with Crippen molar-refractivity contribution in [2.75, 3.05) is 4.90 Å². The lowest BCUT2D eigenvalue weighted by Gasteiger charge is -2.27. The molecule has 0 radical (unpaired) electrons. The number of rotatable bonds is 5. The second-order valence-corrected chi connectivity index (χ2v) is 10.4. The van der Waals surface area contributed by atoms with Crippen molar-refractivity contribution in [1.29, 1.82) is 0 Å². The average Bonchev–Trinajstić information content (AvgIpc) is 2.98. The molecule has 0 N–H and O–H groups in total. The van der Waals surface area contributed by atoms with Crippen LogP contribution in [0.3, 0.4) is 0 Å². The Kier molecular flexibility index (Phi) is 5.92. The smallest absolute Gasteiger partial charge is 0.305 e. The number of sulfone groups is 1. The molecule has 4 rings (SSSR count). The number of benzene rings is 2. The minimum absolute atomic E-state index is 0.0311. The van der Waals surface area contributed by atoms with Crippen LogP contribution in [0.25, 0.3) is 11.3 Å². The number of carbonyl (C=O) groups excluding carboxylic acids is 2. The first kappa shape index (κ1) is 24.4. The Morgan fingerprint density at radius 1 is 0.943 bits per heavy atom. The highest BCUT2D eigenvalue weighted by Crippen LogP contribution is 2.35. The predicted octanol–water partition coefficient (Wildman–Crippen LogP) is 4.79. The highest BCUT2D eigenvalue weighted by Gasteiger charge is 2.52. The summed E-state index contributed by atoms with van der Waals surface area (Å²) in [5, 5.41) is 0. The van der Waals surface area contributed by atoms with Gasteiger partial charge in [0.25, 0.3) is 15.7 Å². The Balaban J connectivity index is 1.62. The van der Waals surface area contributed by atoms with Gasteiger partial charge >= 0.3 is 11.5 Å². The number of aromatic nitrogens is 1. The lowest BCUT2D eigenvalue weighted by atomic mass is 10.0. The van der Waals surface area contributed by atoms with Crippen molar-refractivity contribution in [3.05, 3.63) is 78.5 Å². The molecular formula is C24H20F3N3O4S. The van der Waals surface area contributed by atoms with Gasteiger partial charge in [0.1, 0.15) is 5.54 Å². The van der Waals surface area contributed by atoms with Crippen molar-refractivity contribution < 1.29 is 31.2 Å². The Bertz CT molecular complexity index is 1390. The number of alkyl halides is 3. The number of imide groups is 1. The lowest BCUT2D eigenvalue weighted by Crippen LogP contribution is -2.43. The van der Waals surface area contributed by atoms with Crippen molar-refractivity contribution in [2.24, 2.45) is 0 Å². The van der Waals surface area contributed by atoms with Crippen LogP contribution in [0, 0.1) is 0 Å². The van der Waals surface area contributed by atoms with Gasteiger partial charge in [0.05, 0.1) is 16.3 Å². The van der Waals surface area contributed by atoms with E-state index >= 15 is 0 Å². The number of hydrogen-bond donors (Lipinski definition) is 0. The molecule has 0 aliphatic carbocycles. The van der Waals surface area contributed by atoms with E-state index in [4.69, 9.17) is 0 Å². The molecule has 3 aromatic rings. The average molecular weight is 504 g/mol. The second-order valence-electron chi connectivity index (χ2n) is 8.43. The molecule has 0 saturated carbocycles. The number of carbonyl (C=O) groups is 2. The summed E-state index contributed by atoms with van der Waals surface area (Å²) in [6.07, 6.45) is 1.60. The molecule has 11 heteroatoms. The van der Waals surface area contributed by atoms with Crippen LogP contribution in [0.4, 0.5) is 23.7 Å². The number of urea groups is 1. The topological polar surface area (TPSA) is 87.7 Å². The van der Waals surface area contributed by atoms with Gasteiger partial charge in [0, 0.05) is 18.3 Å². The molecule has 1 fully saturated rings. The van der Waals surface area contributed by atoms with Gasteiger partial charge in [-0.15, -0.1) is 0 Å². The summed E-state index contributed by atoms with van der Waals surface area (Å²) in [7, 11) is -5.55. The highest BCUT2D eigenvalue weighted by atomic mass is 32.2.